The number of rotatable bonds is 10. The van der Waals surface area contributed by atoms with E-state index in [1.54, 1.807) is 60.7 Å². The van der Waals surface area contributed by atoms with Crippen molar-refractivity contribution in [1.29, 1.82) is 0 Å². The Hall–Kier alpha value is -4.59. The number of hydrogen-bond donors (Lipinski definition) is 2. The van der Waals surface area contributed by atoms with Crippen molar-refractivity contribution in [3.8, 4) is 17.2 Å². The molecule has 8 nitrogen and oxygen atoms in total. The van der Waals surface area contributed by atoms with Crippen molar-refractivity contribution in [3.05, 3.63) is 96.1 Å². The van der Waals surface area contributed by atoms with Crippen LogP contribution in [0.1, 0.15) is 26.3 Å². The molecule has 3 aromatic rings. The highest BCUT2D eigenvalue weighted by molar-refractivity contribution is 6.09. The lowest BCUT2D eigenvalue weighted by atomic mass is 10.1. The summed E-state index contributed by atoms with van der Waals surface area (Å²) in [5, 5.41) is 6.76. The van der Waals surface area contributed by atoms with E-state index in [-0.39, 0.29) is 5.56 Å². The maximum atomic E-state index is 12.8. The van der Waals surface area contributed by atoms with Gasteiger partial charge < -0.3 is 19.5 Å². The molecule has 2 amide bonds. The molecule has 34 heavy (non-hydrogen) atoms. The molecule has 0 heterocycles. The van der Waals surface area contributed by atoms with Crippen molar-refractivity contribution in [2.75, 3.05) is 26.1 Å². The summed E-state index contributed by atoms with van der Waals surface area (Å²) in [5.74, 6) is 0.778. The minimum Gasteiger partial charge on any atom is -0.493 e. The zero-order valence-electron chi connectivity index (χ0n) is 18.9. The van der Waals surface area contributed by atoms with Gasteiger partial charge in [-0.3, -0.25) is 9.59 Å². The van der Waals surface area contributed by atoms with Gasteiger partial charge in [-0.25, -0.2) is 5.43 Å². The molecule has 3 rings (SSSR count). The van der Waals surface area contributed by atoms with E-state index in [1.165, 1.54) is 20.4 Å². The number of nitrogens with one attached hydrogen (secondary N) is 2. The third-order valence-corrected chi connectivity index (χ3v) is 4.69. The fourth-order valence-corrected chi connectivity index (χ4v) is 2.99. The standard InChI is InChI=1S/C26H25N3O5/c1-4-15-34-20-12-9-18(10-13-20)17-27-29-26(31)21-7-5-6-8-22(21)28-25(30)19-11-14-23(32-2)24(16-19)33-3/h4-14,16-17H,1,15H2,2-3H3,(H,28,30)(H,29,31). The van der Waals surface area contributed by atoms with Crippen molar-refractivity contribution in [1.82, 2.24) is 5.43 Å². The van der Waals surface area contributed by atoms with Gasteiger partial charge in [0, 0.05) is 5.56 Å². The first-order valence-corrected chi connectivity index (χ1v) is 10.3. The van der Waals surface area contributed by atoms with Crippen LogP contribution in [0.15, 0.2) is 84.5 Å². The molecule has 0 bridgehead atoms. The number of para-hydroxylation sites is 1. The second-order valence-electron chi connectivity index (χ2n) is 6.94. The Kier molecular flexibility index (Phi) is 8.40. The number of anilines is 1. The Labute approximate surface area is 197 Å². The molecule has 2 N–H and O–H groups in total. The van der Waals surface area contributed by atoms with Crippen molar-refractivity contribution < 1.29 is 23.8 Å². The van der Waals surface area contributed by atoms with Crippen molar-refractivity contribution in [2.24, 2.45) is 5.10 Å². The van der Waals surface area contributed by atoms with E-state index < -0.39 is 11.8 Å². The average molecular weight is 460 g/mol. The van der Waals surface area contributed by atoms with Gasteiger partial charge in [0.1, 0.15) is 12.4 Å². The lowest BCUT2D eigenvalue weighted by Crippen LogP contribution is -2.21. The first kappa shape index (κ1) is 24.1. The molecule has 0 aliphatic heterocycles. The predicted octanol–water partition coefficient (Wildman–Crippen LogP) is 4.28. The molecule has 0 aliphatic rings. The monoisotopic (exact) mass is 459 g/mol. The van der Waals surface area contributed by atoms with Crippen LogP contribution in [0.5, 0.6) is 17.2 Å². The van der Waals surface area contributed by atoms with E-state index in [0.29, 0.717) is 35.1 Å². The fraction of sp³-hybridized carbons (Fsp3) is 0.115. The molecule has 0 radical (unpaired) electrons. The number of ether oxygens (including phenoxy) is 3. The number of benzene rings is 3. The van der Waals surface area contributed by atoms with Gasteiger partial charge in [-0.15, -0.1) is 0 Å². The zero-order valence-corrected chi connectivity index (χ0v) is 18.9. The van der Waals surface area contributed by atoms with Crippen LogP contribution in [-0.2, 0) is 0 Å². The van der Waals surface area contributed by atoms with E-state index in [9.17, 15) is 9.59 Å². The zero-order chi connectivity index (χ0) is 24.3. The van der Waals surface area contributed by atoms with Gasteiger partial charge in [0.05, 0.1) is 31.7 Å². The Morgan fingerprint density at radius 3 is 2.38 bits per heavy atom. The van der Waals surface area contributed by atoms with E-state index in [1.807, 2.05) is 12.1 Å². The molecule has 0 saturated heterocycles. The van der Waals surface area contributed by atoms with Crippen LogP contribution in [0, 0.1) is 0 Å². The van der Waals surface area contributed by atoms with E-state index in [2.05, 4.69) is 22.4 Å². The van der Waals surface area contributed by atoms with Crippen molar-refractivity contribution in [3.63, 3.8) is 0 Å². The summed E-state index contributed by atoms with van der Waals surface area (Å²) in [6.45, 7) is 4.03. The molecule has 0 atom stereocenters. The Bertz CT molecular complexity index is 1190. The third kappa shape index (κ3) is 6.23. The SMILES string of the molecule is C=CCOc1ccc(C=NNC(=O)c2ccccc2NC(=O)c2ccc(OC)c(OC)c2)cc1. The molecule has 3 aromatic carbocycles. The van der Waals surface area contributed by atoms with Gasteiger partial charge in [-0.2, -0.15) is 5.10 Å². The van der Waals surface area contributed by atoms with E-state index in [4.69, 9.17) is 14.2 Å². The molecule has 0 aromatic heterocycles. The summed E-state index contributed by atoms with van der Waals surface area (Å²) >= 11 is 0. The minimum atomic E-state index is -0.467. The Balaban J connectivity index is 1.67. The van der Waals surface area contributed by atoms with Crippen molar-refractivity contribution >= 4 is 23.7 Å². The second kappa shape index (κ2) is 11.9. The van der Waals surface area contributed by atoms with Crippen LogP contribution in [0.4, 0.5) is 5.69 Å². The number of hydrazone groups is 1. The summed E-state index contributed by atoms with van der Waals surface area (Å²) in [4.78, 5) is 25.5. The van der Waals surface area contributed by atoms with Crippen LogP contribution in [0.3, 0.4) is 0 Å². The molecular formula is C26H25N3O5. The summed E-state index contributed by atoms with van der Waals surface area (Å²) in [6, 6.07) is 18.7. The van der Waals surface area contributed by atoms with Crippen LogP contribution < -0.4 is 25.0 Å². The summed E-state index contributed by atoms with van der Waals surface area (Å²) < 4.78 is 15.9. The molecule has 0 unspecified atom stereocenters. The van der Waals surface area contributed by atoms with Gasteiger partial charge in [0.15, 0.2) is 11.5 Å². The van der Waals surface area contributed by atoms with Crippen LogP contribution in [-0.4, -0.2) is 38.9 Å². The quantitative estimate of drug-likeness (QED) is 0.268. The maximum Gasteiger partial charge on any atom is 0.273 e. The minimum absolute atomic E-state index is 0.265. The number of nitrogens with zero attached hydrogens (tertiary/aromatic N) is 1. The number of methoxy groups -OCH3 is 2. The summed E-state index contributed by atoms with van der Waals surface area (Å²) in [7, 11) is 3.01. The molecule has 0 saturated carbocycles. The lowest BCUT2D eigenvalue weighted by Gasteiger charge is -2.12. The highest BCUT2D eigenvalue weighted by Gasteiger charge is 2.15. The van der Waals surface area contributed by atoms with Gasteiger partial charge in [-0.1, -0.05) is 24.8 Å². The summed E-state index contributed by atoms with van der Waals surface area (Å²) in [5.41, 5.74) is 4.22. The number of carbonyl (C=O) groups excluding carboxylic acids is 2. The lowest BCUT2D eigenvalue weighted by molar-refractivity contribution is 0.0956. The first-order chi connectivity index (χ1) is 16.5. The normalized spacial score (nSPS) is 10.4. The molecule has 174 valence electrons. The fourth-order valence-electron chi connectivity index (χ4n) is 2.99. The van der Waals surface area contributed by atoms with Gasteiger partial charge in [0.25, 0.3) is 11.8 Å². The Morgan fingerprint density at radius 1 is 0.941 bits per heavy atom. The average Bonchev–Trinajstić information content (AvgIpc) is 2.88. The van der Waals surface area contributed by atoms with Crippen molar-refractivity contribution in [2.45, 2.75) is 0 Å². The predicted molar refractivity (Wildman–Crippen MR) is 131 cm³/mol. The first-order valence-electron chi connectivity index (χ1n) is 10.3. The largest absolute Gasteiger partial charge is 0.493 e. The molecule has 0 spiro atoms. The van der Waals surface area contributed by atoms with Crippen LogP contribution >= 0.6 is 0 Å². The van der Waals surface area contributed by atoms with Gasteiger partial charge in [-0.05, 0) is 60.2 Å². The van der Waals surface area contributed by atoms with Crippen LogP contribution in [0.25, 0.3) is 0 Å². The summed E-state index contributed by atoms with van der Waals surface area (Å²) in [6.07, 6.45) is 3.18. The highest BCUT2D eigenvalue weighted by Crippen LogP contribution is 2.28. The molecule has 0 fully saturated rings. The van der Waals surface area contributed by atoms with Gasteiger partial charge >= 0.3 is 0 Å². The van der Waals surface area contributed by atoms with Crippen LogP contribution in [0.2, 0.25) is 0 Å². The molecular weight excluding hydrogens is 434 g/mol. The Morgan fingerprint density at radius 2 is 1.68 bits per heavy atom. The maximum absolute atomic E-state index is 12.8. The number of carbonyl (C=O) groups is 2. The van der Waals surface area contributed by atoms with E-state index in [0.717, 1.165) is 5.56 Å². The topological polar surface area (TPSA) is 98.2 Å². The molecule has 8 heteroatoms. The van der Waals surface area contributed by atoms with Gasteiger partial charge in [0.2, 0.25) is 0 Å². The highest BCUT2D eigenvalue weighted by atomic mass is 16.5. The third-order valence-electron chi connectivity index (χ3n) is 4.69. The smallest absolute Gasteiger partial charge is 0.273 e. The number of amides is 2. The number of hydrogen-bond acceptors (Lipinski definition) is 6. The van der Waals surface area contributed by atoms with E-state index >= 15 is 0 Å². The molecule has 0 aliphatic carbocycles. The second-order valence-corrected chi connectivity index (χ2v) is 6.94.